The summed E-state index contributed by atoms with van der Waals surface area (Å²) >= 11 is 1.32. The van der Waals surface area contributed by atoms with E-state index in [9.17, 15) is 9.90 Å². The van der Waals surface area contributed by atoms with E-state index >= 15 is 0 Å². The van der Waals surface area contributed by atoms with Gasteiger partial charge in [-0.3, -0.25) is 4.99 Å². The van der Waals surface area contributed by atoms with E-state index in [1.165, 1.54) is 18.9 Å². The van der Waals surface area contributed by atoms with Gasteiger partial charge in [-0.25, -0.2) is 4.79 Å². The van der Waals surface area contributed by atoms with Crippen LogP contribution in [-0.2, 0) is 4.79 Å². The van der Waals surface area contributed by atoms with Crippen molar-refractivity contribution < 1.29 is 19.7 Å². The number of benzene rings is 1. The largest absolute Gasteiger partial charge is 0.504 e. The van der Waals surface area contributed by atoms with E-state index in [4.69, 9.17) is 9.84 Å². The minimum absolute atomic E-state index is 0.0131. The van der Waals surface area contributed by atoms with Gasteiger partial charge in [0.15, 0.2) is 17.0 Å². The first-order valence-electron chi connectivity index (χ1n) is 5.30. The topological polar surface area (TPSA) is 79.1 Å². The molecule has 0 saturated carbocycles. The van der Waals surface area contributed by atoms with E-state index in [0.29, 0.717) is 22.1 Å². The number of carbonyl (C=O) groups is 1. The summed E-state index contributed by atoms with van der Waals surface area (Å²) in [7, 11) is 1.46. The Balaban J connectivity index is 2.43. The number of phenols is 1. The minimum Gasteiger partial charge on any atom is -0.504 e. The molecule has 0 fully saturated rings. The fraction of sp³-hybridized carbons (Fsp3) is 0.333. The molecule has 96 valence electrons. The highest BCUT2D eigenvalue weighted by Gasteiger charge is 2.39. The maximum Gasteiger partial charge on any atom is 0.332 e. The zero-order valence-corrected chi connectivity index (χ0v) is 10.8. The van der Waals surface area contributed by atoms with Crippen molar-refractivity contribution in [2.75, 3.05) is 12.9 Å². The van der Waals surface area contributed by atoms with Crippen LogP contribution < -0.4 is 4.74 Å². The van der Waals surface area contributed by atoms with Gasteiger partial charge in [-0.05, 0) is 19.1 Å². The van der Waals surface area contributed by atoms with Crippen LogP contribution in [0.1, 0.15) is 12.5 Å². The lowest BCUT2D eigenvalue weighted by molar-refractivity contribution is -0.141. The molecule has 0 bridgehead atoms. The van der Waals surface area contributed by atoms with Crippen LogP contribution in [-0.4, -0.2) is 39.6 Å². The molecule has 1 aliphatic rings. The lowest BCUT2D eigenvalue weighted by atomic mass is 10.1. The summed E-state index contributed by atoms with van der Waals surface area (Å²) < 4.78 is 5.01. The third kappa shape index (κ3) is 2.03. The quantitative estimate of drug-likeness (QED) is 0.872. The number of ether oxygens (including phenoxy) is 1. The summed E-state index contributed by atoms with van der Waals surface area (Å²) in [4.78, 5) is 15.3. The number of para-hydroxylation sites is 1. The molecule has 0 spiro atoms. The number of aliphatic imine (C=N–C) groups is 1. The Morgan fingerprint density at radius 1 is 1.56 bits per heavy atom. The van der Waals surface area contributed by atoms with Crippen LogP contribution in [0.4, 0.5) is 0 Å². The summed E-state index contributed by atoms with van der Waals surface area (Å²) in [5, 5.41) is 19.6. The van der Waals surface area contributed by atoms with Gasteiger partial charge in [0.05, 0.1) is 12.7 Å². The number of carboxylic acids is 1. The molecule has 0 aliphatic carbocycles. The van der Waals surface area contributed by atoms with Crippen LogP contribution in [0.25, 0.3) is 0 Å². The first kappa shape index (κ1) is 12.8. The number of thioether (sulfide) groups is 1. The molecular formula is C12H13NO4S. The maximum absolute atomic E-state index is 11.1. The fourth-order valence-electron chi connectivity index (χ4n) is 1.60. The van der Waals surface area contributed by atoms with Gasteiger partial charge in [-0.15, -0.1) is 11.8 Å². The molecule has 0 amide bonds. The summed E-state index contributed by atoms with van der Waals surface area (Å²) in [6.45, 7) is 1.56. The highest BCUT2D eigenvalue weighted by atomic mass is 32.2. The average molecular weight is 267 g/mol. The lowest BCUT2D eigenvalue weighted by Gasteiger charge is -2.11. The molecule has 0 saturated heterocycles. The second kappa shape index (κ2) is 4.53. The smallest absolute Gasteiger partial charge is 0.332 e. The standard InChI is InChI=1S/C12H13NO4S/c1-12(11(15)16)6-18-10(13-12)7-4-3-5-8(17-2)9(7)14/h3-5,14H,6H2,1-2H3,(H,15,16). The molecule has 1 atom stereocenters. The van der Waals surface area contributed by atoms with Gasteiger partial charge >= 0.3 is 5.97 Å². The number of carboxylic acid groups (broad SMARTS) is 1. The second-order valence-electron chi connectivity index (χ2n) is 4.14. The van der Waals surface area contributed by atoms with Crippen molar-refractivity contribution in [3.63, 3.8) is 0 Å². The average Bonchev–Trinajstić information content (AvgIpc) is 2.73. The molecule has 1 aromatic carbocycles. The number of hydrogen-bond donors (Lipinski definition) is 2. The van der Waals surface area contributed by atoms with Crippen molar-refractivity contribution in [3.05, 3.63) is 23.8 Å². The SMILES string of the molecule is COc1cccc(C2=NC(C)(C(=O)O)CS2)c1O. The molecule has 18 heavy (non-hydrogen) atoms. The van der Waals surface area contributed by atoms with Crippen molar-refractivity contribution >= 4 is 22.8 Å². The normalized spacial score (nSPS) is 22.7. The zero-order valence-electron chi connectivity index (χ0n) is 10.0. The van der Waals surface area contributed by atoms with Gasteiger partial charge in [0, 0.05) is 5.75 Å². The monoisotopic (exact) mass is 267 g/mol. The molecule has 2 N–H and O–H groups in total. The van der Waals surface area contributed by atoms with Crippen molar-refractivity contribution in [3.8, 4) is 11.5 Å². The second-order valence-corrected chi connectivity index (χ2v) is 5.11. The van der Waals surface area contributed by atoms with Gasteiger partial charge in [-0.1, -0.05) is 6.07 Å². The Hall–Kier alpha value is -1.69. The van der Waals surface area contributed by atoms with E-state index in [0.717, 1.165) is 0 Å². The summed E-state index contributed by atoms with van der Waals surface area (Å²) in [5.74, 6) is -0.276. The van der Waals surface area contributed by atoms with E-state index in [-0.39, 0.29) is 5.75 Å². The maximum atomic E-state index is 11.1. The van der Waals surface area contributed by atoms with Gasteiger partial charge in [0.1, 0.15) is 5.04 Å². The Bertz CT molecular complexity index is 529. The first-order chi connectivity index (χ1) is 8.48. The fourth-order valence-corrected chi connectivity index (χ4v) is 2.80. The van der Waals surface area contributed by atoms with Crippen LogP contribution in [0.5, 0.6) is 11.5 Å². The lowest BCUT2D eigenvalue weighted by Crippen LogP contribution is -2.33. The molecule has 1 aliphatic heterocycles. The summed E-state index contributed by atoms with van der Waals surface area (Å²) in [6, 6.07) is 5.06. The molecule has 1 heterocycles. The van der Waals surface area contributed by atoms with Gasteiger partial charge < -0.3 is 14.9 Å². The number of aromatic hydroxyl groups is 1. The van der Waals surface area contributed by atoms with Crippen LogP contribution in [0, 0.1) is 0 Å². The van der Waals surface area contributed by atoms with Crippen LogP contribution >= 0.6 is 11.8 Å². The van der Waals surface area contributed by atoms with Crippen LogP contribution in [0.15, 0.2) is 23.2 Å². The molecule has 5 nitrogen and oxygen atoms in total. The third-order valence-electron chi connectivity index (χ3n) is 2.75. The minimum atomic E-state index is -1.13. The first-order valence-corrected chi connectivity index (χ1v) is 6.29. The van der Waals surface area contributed by atoms with Gasteiger partial charge in [0.25, 0.3) is 0 Å². The predicted octanol–water partition coefficient (Wildman–Crippen LogP) is 1.74. The highest BCUT2D eigenvalue weighted by molar-refractivity contribution is 8.14. The van der Waals surface area contributed by atoms with E-state index in [1.54, 1.807) is 25.1 Å². The van der Waals surface area contributed by atoms with Crippen molar-refractivity contribution in [1.82, 2.24) is 0 Å². The van der Waals surface area contributed by atoms with Crippen molar-refractivity contribution in [2.24, 2.45) is 4.99 Å². The number of phenolic OH excluding ortho intramolecular Hbond substituents is 1. The number of nitrogens with zero attached hydrogens (tertiary/aromatic N) is 1. The predicted molar refractivity (Wildman–Crippen MR) is 69.7 cm³/mol. The molecule has 6 heteroatoms. The Kier molecular flexibility index (Phi) is 3.21. The molecule has 0 radical (unpaired) electrons. The van der Waals surface area contributed by atoms with Crippen LogP contribution in [0.3, 0.4) is 0 Å². The van der Waals surface area contributed by atoms with Crippen molar-refractivity contribution in [1.29, 1.82) is 0 Å². The molecule has 1 aromatic rings. The van der Waals surface area contributed by atoms with Gasteiger partial charge in [0.2, 0.25) is 0 Å². The third-order valence-corrected chi connectivity index (χ3v) is 4.04. The molecule has 2 rings (SSSR count). The Morgan fingerprint density at radius 3 is 2.83 bits per heavy atom. The summed E-state index contributed by atoms with van der Waals surface area (Å²) in [6.07, 6.45) is 0. The summed E-state index contributed by atoms with van der Waals surface area (Å²) in [5.41, 5.74) is -0.625. The Morgan fingerprint density at radius 2 is 2.28 bits per heavy atom. The van der Waals surface area contributed by atoms with Gasteiger partial charge in [-0.2, -0.15) is 0 Å². The van der Waals surface area contributed by atoms with E-state index in [2.05, 4.69) is 4.99 Å². The highest BCUT2D eigenvalue weighted by Crippen LogP contribution is 2.37. The van der Waals surface area contributed by atoms with E-state index in [1.807, 2.05) is 0 Å². The zero-order chi connectivity index (χ0) is 13.3. The van der Waals surface area contributed by atoms with Crippen molar-refractivity contribution in [2.45, 2.75) is 12.5 Å². The Labute approximate surface area is 108 Å². The molecular weight excluding hydrogens is 254 g/mol. The number of methoxy groups -OCH3 is 1. The molecule has 1 unspecified atom stereocenters. The molecule has 0 aromatic heterocycles. The number of aliphatic carboxylic acids is 1. The van der Waals surface area contributed by atoms with E-state index < -0.39 is 11.5 Å². The number of hydrogen-bond acceptors (Lipinski definition) is 5. The van der Waals surface area contributed by atoms with Crippen LogP contribution in [0.2, 0.25) is 0 Å². The number of rotatable bonds is 3.